The van der Waals surface area contributed by atoms with E-state index < -0.39 is 22.8 Å². The van der Waals surface area contributed by atoms with Gasteiger partial charge in [-0.1, -0.05) is 0 Å². The number of hydrazone groups is 1. The summed E-state index contributed by atoms with van der Waals surface area (Å²) in [7, 11) is 0. The molecule has 1 aromatic rings. The second-order valence-corrected chi connectivity index (χ2v) is 7.86. The van der Waals surface area contributed by atoms with Crippen molar-refractivity contribution in [2.75, 3.05) is 13.1 Å². The highest BCUT2D eigenvalue weighted by Gasteiger charge is 2.27. The standard InChI is InChI=1S/C18H26N4O5S/c1-18(2,3)27-17(26)22-8-6-12(7-9-22)20-16(28)21-19-10-11-4-5-13(23)15(25)14(11)24/h4-5,10,12,23-25H,6-9H2,1-3H3,(H2,20,21,28)/b19-10+. The van der Waals surface area contributed by atoms with E-state index in [1.165, 1.54) is 18.3 Å². The minimum atomic E-state index is -0.610. The second-order valence-electron chi connectivity index (χ2n) is 7.46. The van der Waals surface area contributed by atoms with Crippen LogP contribution in [-0.4, -0.2) is 62.4 Å². The maximum absolute atomic E-state index is 12.1. The van der Waals surface area contributed by atoms with Gasteiger partial charge in [0.1, 0.15) is 5.60 Å². The summed E-state index contributed by atoms with van der Waals surface area (Å²) in [6, 6.07) is 2.74. The van der Waals surface area contributed by atoms with E-state index >= 15 is 0 Å². The molecule has 28 heavy (non-hydrogen) atoms. The molecule has 1 aliphatic rings. The van der Waals surface area contributed by atoms with Crippen molar-refractivity contribution in [3.63, 3.8) is 0 Å². The van der Waals surface area contributed by atoms with Crippen LogP contribution in [0.15, 0.2) is 17.2 Å². The number of rotatable bonds is 3. The van der Waals surface area contributed by atoms with Gasteiger partial charge in [-0.3, -0.25) is 5.43 Å². The van der Waals surface area contributed by atoms with Crippen molar-refractivity contribution < 1.29 is 24.9 Å². The van der Waals surface area contributed by atoms with Gasteiger partial charge in [0.25, 0.3) is 0 Å². The molecule has 0 spiro atoms. The number of thiocarbonyl (C=S) groups is 1. The summed E-state index contributed by atoms with van der Waals surface area (Å²) in [6.45, 7) is 6.65. The lowest BCUT2D eigenvalue weighted by Gasteiger charge is -2.34. The van der Waals surface area contributed by atoms with Crippen molar-refractivity contribution in [3.05, 3.63) is 17.7 Å². The Bertz CT molecular complexity index is 755. The molecule has 0 saturated carbocycles. The van der Waals surface area contributed by atoms with Gasteiger partial charge in [-0.15, -0.1) is 0 Å². The molecule has 0 unspecified atom stereocenters. The molecule has 0 bridgehead atoms. The van der Waals surface area contributed by atoms with E-state index in [0.29, 0.717) is 18.2 Å². The van der Waals surface area contributed by atoms with Crippen LogP contribution in [0.4, 0.5) is 4.79 Å². The Hall–Kier alpha value is -2.75. The highest BCUT2D eigenvalue weighted by atomic mass is 32.1. The number of hydrogen-bond donors (Lipinski definition) is 5. The molecule has 0 aromatic heterocycles. The van der Waals surface area contributed by atoms with E-state index in [1.807, 2.05) is 20.8 Å². The first-order valence-electron chi connectivity index (χ1n) is 8.88. The van der Waals surface area contributed by atoms with Crippen LogP contribution in [0, 0.1) is 0 Å². The van der Waals surface area contributed by atoms with Crippen molar-refractivity contribution in [2.24, 2.45) is 5.10 Å². The Balaban J connectivity index is 1.77. The van der Waals surface area contributed by atoms with Crippen LogP contribution in [0.25, 0.3) is 0 Å². The molecule has 1 aliphatic heterocycles. The first-order chi connectivity index (χ1) is 13.1. The molecule has 2 rings (SSSR count). The number of benzene rings is 1. The highest BCUT2D eigenvalue weighted by molar-refractivity contribution is 7.80. The van der Waals surface area contributed by atoms with Crippen LogP contribution in [0.2, 0.25) is 0 Å². The van der Waals surface area contributed by atoms with Crippen LogP contribution in [0.3, 0.4) is 0 Å². The average Bonchev–Trinajstić information content (AvgIpc) is 2.61. The monoisotopic (exact) mass is 410 g/mol. The van der Waals surface area contributed by atoms with E-state index in [-0.39, 0.29) is 17.7 Å². The number of nitrogens with zero attached hydrogens (tertiary/aromatic N) is 2. The Morgan fingerprint density at radius 3 is 2.50 bits per heavy atom. The Labute approximate surface area is 169 Å². The van der Waals surface area contributed by atoms with Crippen molar-refractivity contribution in [1.82, 2.24) is 15.6 Å². The number of phenolic OH excluding ortho intramolecular Hbond substituents is 3. The molecule has 0 aliphatic carbocycles. The number of nitrogens with one attached hydrogen (secondary N) is 2. The molecule has 10 heteroatoms. The molecule has 1 amide bonds. The molecule has 0 radical (unpaired) electrons. The summed E-state index contributed by atoms with van der Waals surface area (Å²) in [5.74, 6) is -1.50. The number of amides is 1. The summed E-state index contributed by atoms with van der Waals surface area (Å²) in [5.41, 5.74) is 2.34. The molecule has 5 N–H and O–H groups in total. The lowest BCUT2D eigenvalue weighted by molar-refractivity contribution is 0.0202. The molecule has 1 aromatic carbocycles. The van der Waals surface area contributed by atoms with E-state index in [4.69, 9.17) is 17.0 Å². The summed E-state index contributed by atoms with van der Waals surface area (Å²) >= 11 is 5.19. The van der Waals surface area contributed by atoms with Crippen LogP contribution in [0.1, 0.15) is 39.2 Å². The normalized spacial score (nSPS) is 15.5. The summed E-state index contributed by atoms with van der Waals surface area (Å²) < 4.78 is 5.37. The fourth-order valence-electron chi connectivity index (χ4n) is 2.60. The third kappa shape index (κ3) is 6.15. The molecule has 1 fully saturated rings. The third-order valence-electron chi connectivity index (χ3n) is 4.01. The van der Waals surface area contributed by atoms with Gasteiger partial charge < -0.3 is 30.3 Å². The SMILES string of the molecule is CC(C)(C)OC(=O)N1CCC(NC(=S)N/N=C/c2ccc(O)c(O)c2O)CC1. The smallest absolute Gasteiger partial charge is 0.410 e. The van der Waals surface area contributed by atoms with Gasteiger partial charge in [0.05, 0.1) is 6.21 Å². The molecule has 1 heterocycles. The van der Waals surface area contributed by atoms with Crippen molar-refractivity contribution in [2.45, 2.75) is 45.3 Å². The lowest BCUT2D eigenvalue weighted by Crippen LogP contribution is -2.49. The van der Waals surface area contributed by atoms with Gasteiger partial charge in [-0.05, 0) is 58.0 Å². The molecular weight excluding hydrogens is 384 g/mol. The highest BCUT2D eigenvalue weighted by Crippen LogP contribution is 2.36. The molecule has 0 atom stereocenters. The van der Waals surface area contributed by atoms with Crippen LogP contribution >= 0.6 is 12.2 Å². The summed E-state index contributed by atoms with van der Waals surface area (Å²) in [4.78, 5) is 13.7. The Morgan fingerprint density at radius 1 is 1.25 bits per heavy atom. The van der Waals surface area contributed by atoms with Gasteiger partial charge in [0.2, 0.25) is 5.75 Å². The maximum Gasteiger partial charge on any atom is 0.410 e. The van der Waals surface area contributed by atoms with Gasteiger partial charge in [-0.2, -0.15) is 5.10 Å². The Morgan fingerprint density at radius 2 is 1.89 bits per heavy atom. The number of likely N-dealkylation sites (tertiary alicyclic amines) is 1. The molecule has 1 saturated heterocycles. The zero-order chi connectivity index (χ0) is 20.9. The van der Waals surface area contributed by atoms with Gasteiger partial charge in [0, 0.05) is 24.7 Å². The van der Waals surface area contributed by atoms with Gasteiger partial charge >= 0.3 is 6.09 Å². The van der Waals surface area contributed by atoms with Gasteiger partial charge in [-0.25, -0.2) is 4.79 Å². The minimum Gasteiger partial charge on any atom is -0.504 e. The number of piperidine rings is 1. The van der Waals surface area contributed by atoms with Crippen LogP contribution < -0.4 is 10.7 Å². The largest absolute Gasteiger partial charge is 0.504 e. The third-order valence-corrected chi connectivity index (χ3v) is 4.22. The zero-order valence-electron chi connectivity index (χ0n) is 16.1. The number of ether oxygens (including phenoxy) is 1. The fourth-order valence-corrected chi connectivity index (χ4v) is 2.82. The number of hydrogen-bond acceptors (Lipinski definition) is 7. The van der Waals surface area contributed by atoms with Crippen molar-refractivity contribution in [3.8, 4) is 17.2 Å². The topological polar surface area (TPSA) is 127 Å². The molecule has 9 nitrogen and oxygen atoms in total. The predicted molar refractivity (Wildman–Crippen MR) is 109 cm³/mol. The maximum atomic E-state index is 12.1. The van der Waals surface area contributed by atoms with Crippen molar-refractivity contribution >= 4 is 29.6 Å². The number of carbonyl (C=O) groups is 1. The number of phenols is 3. The Kier molecular flexibility index (Phi) is 6.90. The van der Waals surface area contributed by atoms with E-state index in [0.717, 1.165) is 12.8 Å². The van der Waals surface area contributed by atoms with E-state index in [9.17, 15) is 20.1 Å². The zero-order valence-corrected chi connectivity index (χ0v) is 16.9. The van der Waals surface area contributed by atoms with Gasteiger partial charge in [0.15, 0.2) is 16.6 Å². The van der Waals surface area contributed by atoms with Crippen LogP contribution in [-0.2, 0) is 4.74 Å². The predicted octanol–water partition coefficient (Wildman–Crippen LogP) is 2.00. The van der Waals surface area contributed by atoms with E-state index in [2.05, 4.69) is 15.8 Å². The number of aromatic hydroxyl groups is 3. The molecule has 154 valence electrons. The quantitative estimate of drug-likeness (QED) is 0.222. The first-order valence-corrected chi connectivity index (χ1v) is 9.29. The first kappa shape index (κ1) is 21.5. The van der Waals surface area contributed by atoms with E-state index in [1.54, 1.807) is 4.90 Å². The second kappa shape index (κ2) is 8.96. The lowest BCUT2D eigenvalue weighted by atomic mass is 10.1. The average molecular weight is 410 g/mol. The fraction of sp³-hybridized carbons (Fsp3) is 0.500. The minimum absolute atomic E-state index is 0.0972. The summed E-state index contributed by atoms with van der Waals surface area (Å²) in [5, 5.41) is 35.8. The molecular formula is C18H26N4O5S. The van der Waals surface area contributed by atoms with Crippen LogP contribution in [0.5, 0.6) is 17.2 Å². The summed E-state index contributed by atoms with van der Waals surface area (Å²) in [6.07, 6.45) is 2.40. The van der Waals surface area contributed by atoms with Crippen molar-refractivity contribution in [1.29, 1.82) is 0 Å². The number of carbonyl (C=O) groups excluding carboxylic acids is 1.